The van der Waals surface area contributed by atoms with E-state index in [9.17, 15) is 18.0 Å². The van der Waals surface area contributed by atoms with E-state index in [1.54, 1.807) is 29.2 Å². The van der Waals surface area contributed by atoms with E-state index in [1.807, 2.05) is 0 Å². The summed E-state index contributed by atoms with van der Waals surface area (Å²) < 4.78 is 30.8. The van der Waals surface area contributed by atoms with Gasteiger partial charge in [0.25, 0.3) is 5.91 Å². The van der Waals surface area contributed by atoms with Crippen molar-refractivity contribution in [2.45, 2.75) is 0 Å². The summed E-state index contributed by atoms with van der Waals surface area (Å²) in [5, 5.41) is 2.82. The highest BCUT2D eigenvalue weighted by molar-refractivity contribution is 7.92. The van der Waals surface area contributed by atoms with Crippen LogP contribution in [0.25, 0.3) is 0 Å². The lowest BCUT2D eigenvalue weighted by Gasteiger charge is -2.28. The van der Waals surface area contributed by atoms with Gasteiger partial charge in [-0.1, -0.05) is 41.4 Å². The Balaban J connectivity index is 1.82. The molecule has 0 atom stereocenters. The number of nitrogens with one attached hydrogen (secondary N) is 1. The molecular weight excluding hydrogens is 465 g/mol. The smallest absolute Gasteiger partial charge is 0.256 e. The normalized spacial score (nSPS) is 14.2. The third-order valence-corrected chi connectivity index (χ3v) is 6.55. The number of halogens is 2. The Morgan fingerprint density at radius 1 is 1.10 bits per heavy atom. The number of para-hydroxylation sites is 1. The van der Waals surface area contributed by atoms with Crippen LogP contribution < -0.4 is 9.62 Å². The van der Waals surface area contributed by atoms with E-state index in [1.165, 1.54) is 18.2 Å². The molecular formula is C20H21Cl2N3O5S. The largest absolute Gasteiger partial charge is 0.378 e. The van der Waals surface area contributed by atoms with Crippen LogP contribution in [0, 0.1) is 0 Å². The number of hydrogen-bond acceptors (Lipinski definition) is 5. The van der Waals surface area contributed by atoms with E-state index in [-0.39, 0.29) is 27.3 Å². The van der Waals surface area contributed by atoms with Gasteiger partial charge in [-0.2, -0.15) is 0 Å². The number of morpholine rings is 1. The second-order valence-electron chi connectivity index (χ2n) is 6.84. The summed E-state index contributed by atoms with van der Waals surface area (Å²) in [6, 6.07) is 11.1. The molecule has 0 bridgehead atoms. The number of carbonyl (C=O) groups is 2. The molecule has 2 amide bonds. The Kier molecular flexibility index (Phi) is 7.42. The zero-order valence-corrected chi connectivity index (χ0v) is 19.0. The maximum absolute atomic E-state index is 12.9. The molecule has 0 unspecified atom stereocenters. The van der Waals surface area contributed by atoms with Gasteiger partial charge in [-0.3, -0.25) is 13.9 Å². The molecule has 2 aromatic carbocycles. The molecule has 1 aliphatic rings. The predicted molar refractivity (Wildman–Crippen MR) is 120 cm³/mol. The highest BCUT2D eigenvalue weighted by Gasteiger charge is 2.26. The minimum absolute atomic E-state index is 0.0188. The van der Waals surface area contributed by atoms with Gasteiger partial charge in [0.15, 0.2) is 0 Å². The summed E-state index contributed by atoms with van der Waals surface area (Å²) in [7, 11) is -3.85. The molecule has 1 aliphatic heterocycles. The summed E-state index contributed by atoms with van der Waals surface area (Å²) >= 11 is 12.2. The number of amides is 2. The van der Waals surface area contributed by atoms with Gasteiger partial charge in [0, 0.05) is 13.1 Å². The molecule has 0 aliphatic carbocycles. The Morgan fingerprint density at radius 3 is 2.45 bits per heavy atom. The van der Waals surface area contributed by atoms with Gasteiger partial charge < -0.3 is 15.0 Å². The van der Waals surface area contributed by atoms with E-state index in [2.05, 4.69) is 5.32 Å². The van der Waals surface area contributed by atoms with E-state index in [0.717, 1.165) is 10.6 Å². The van der Waals surface area contributed by atoms with Gasteiger partial charge in [0.05, 0.1) is 46.5 Å². The Hall–Kier alpha value is -2.33. The standard InChI is InChI=1S/C20H21Cl2N3O5S/c1-31(28,29)25(17-8-4-6-15(21)19(17)22)13-18(26)23-16-7-3-2-5-14(16)20(27)24-9-11-30-12-10-24/h2-8H,9-13H2,1H3,(H,23,26). The Morgan fingerprint density at radius 2 is 1.77 bits per heavy atom. The van der Waals surface area contributed by atoms with Crippen molar-refractivity contribution in [3.05, 3.63) is 58.1 Å². The van der Waals surface area contributed by atoms with Crippen molar-refractivity contribution in [3.8, 4) is 0 Å². The van der Waals surface area contributed by atoms with Crippen molar-refractivity contribution in [2.24, 2.45) is 0 Å². The van der Waals surface area contributed by atoms with Gasteiger partial charge in [-0.15, -0.1) is 0 Å². The van der Waals surface area contributed by atoms with Crippen molar-refractivity contribution >= 4 is 56.4 Å². The van der Waals surface area contributed by atoms with Gasteiger partial charge in [-0.25, -0.2) is 8.42 Å². The van der Waals surface area contributed by atoms with Crippen molar-refractivity contribution in [1.29, 1.82) is 0 Å². The number of nitrogens with zero attached hydrogens (tertiary/aromatic N) is 2. The molecule has 1 fully saturated rings. The van der Waals surface area contributed by atoms with Crippen LogP contribution in [-0.4, -0.2) is 64.2 Å². The monoisotopic (exact) mass is 485 g/mol. The number of carbonyl (C=O) groups excluding carboxylic acids is 2. The fraction of sp³-hybridized carbons (Fsp3) is 0.300. The molecule has 8 nitrogen and oxygen atoms in total. The van der Waals surface area contributed by atoms with Crippen molar-refractivity contribution in [1.82, 2.24) is 4.90 Å². The second-order valence-corrected chi connectivity index (χ2v) is 9.53. The van der Waals surface area contributed by atoms with E-state index in [4.69, 9.17) is 27.9 Å². The average molecular weight is 486 g/mol. The van der Waals surface area contributed by atoms with E-state index >= 15 is 0 Å². The van der Waals surface area contributed by atoms with Crippen LogP contribution in [0.4, 0.5) is 11.4 Å². The predicted octanol–water partition coefficient (Wildman–Crippen LogP) is 2.87. The molecule has 0 saturated carbocycles. The molecule has 1 saturated heterocycles. The summed E-state index contributed by atoms with van der Waals surface area (Å²) in [6.07, 6.45) is 0.966. The molecule has 0 radical (unpaired) electrons. The first kappa shape index (κ1) is 23.3. The maximum atomic E-state index is 12.9. The number of rotatable bonds is 6. The minimum Gasteiger partial charge on any atom is -0.378 e. The molecule has 1 heterocycles. The Labute approximate surface area is 190 Å². The number of ether oxygens (including phenoxy) is 1. The first-order chi connectivity index (χ1) is 14.7. The summed E-state index contributed by atoms with van der Waals surface area (Å²) in [5.74, 6) is -0.874. The van der Waals surface area contributed by atoms with Gasteiger partial charge in [-0.05, 0) is 24.3 Å². The fourth-order valence-electron chi connectivity index (χ4n) is 3.10. The van der Waals surface area contributed by atoms with Crippen molar-refractivity contribution in [3.63, 3.8) is 0 Å². The van der Waals surface area contributed by atoms with Gasteiger partial charge >= 0.3 is 0 Å². The maximum Gasteiger partial charge on any atom is 0.256 e. The van der Waals surface area contributed by atoms with Gasteiger partial charge in [0.2, 0.25) is 15.9 Å². The zero-order valence-electron chi connectivity index (χ0n) is 16.7. The summed E-state index contributed by atoms with van der Waals surface area (Å²) in [6.45, 7) is 1.26. The number of sulfonamides is 1. The lowest BCUT2D eigenvalue weighted by Crippen LogP contribution is -2.41. The number of benzene rings is 2. The van der Waals surface area contributed by atoms with Crippen LogP contribution in [0.2, 0.25) is 10.0 Å². The molecule has 11 heteroatoms. The molecule has 31 heavy (non-hydrogen) atoms. The summed E-state index contributed by atoms with van der Waals surface area (Å²) in [5.41, 5.74) is 0.684. The van der Waals surface area contributed by atoms with Gasteiger partial charge in [0.1, 0.15) is 6.54 Å². The van der Waals surface area contributed by atoms with Crippen LogP contribution in [0.1, 0.15) is 10.4 Å². The highest BCUT2D eigenvalue weighted by Crippen LogP contribution is 2.33. The highest BCUT2D eigenvalue weighted by atomic mass is 35.5. The van der Waals surface area contributed by atoms with Crippen LogP contribution in [0.5, 0.6) is 0 Å². The lowest BCUT2D eigenvalue weighted by molar-refractivity contribution is -0.114. The van der Waals surface area contributed by atoms with E-state index < -0.39 is 22.5 Å². The van der Waals surface area contributed by atoms with Crippen LogP contribution >= 0.6 is 23.2 Å². The zero-order chi connectivity index (χ0) is 22.6. The SMILES string of the molecule is CS(=O)(=O)N(CC(=O)Nc1ccccc1C(=O)N1CCOCC1)c1cccc(Cl)c1Cl. The van der Waals surface area contributed by atoms with Crippen molar-refractivity contribution in [2.75, 3.05) is 48.7 Å². The third kappa shape index (κ3) is 5.68. The van der Waals surface area contributed by atoms with E-state index in [0.29, 0.717) is 31.9 Å². The first-order valence-electron chi connectivity index (χ1n) is 9.36. The molecule has 3 rings (SSSR count). The van der Waals surface area contributed by atoms with Crippen LogP contribution in [-0.2, 0) is 19.6 Å². The number of anilines is 2. The fourth-order valence-corrected chi connectivity index (χ4v) is 4.41. The molecule has 0 aromatic heterocycles. The minimum atomic E-state index is -3.85. The molecule has 2 aromatic rings. The summed E-state index contributed by atoms with van der Waals surface area (Å²) in [4.78, 5) is 27.3. The Bertz CT molecular complexity index is 1090. The number of hydrogen-bond donors (Lipinski definition) is 1. The average Bonchev–Trinajstić information content (AvgIpc) is 2.74. The quantitative estimate of drug-likeness (QED) is 0.678. The second kappa shape index (κ2) is 9.86. The third-order valence-electron chi connectivity index (χ3n) is 4.62. The molecule has 166 valence electrons. The lowest BCUT2D eigenvalue weighted by atomic mass is 10.1. The first-order valence-corrected chi connectivity index (χ1v) is 12.0. The molecule has 1 N–H and O–H groups in total. The topological polar surface area (TPSA) is 96.0 Å². The van der Waals surface area contributed by atoms with Crippen molar-refractivity contribution < 1.29 is 22.7 Å². The van der Waals surface area contributed by atoms with Crippen LogP contribution in [0.15, 0.2) is 42.5 Å². The molecule has 0 spiro atoms. The van der Waals surface area contributed by atoms with Crippen LogP contribution in [0.3, 0.4) is 0 Å².